The van der Waals surface area contributed by atoms with Gasteiger partial charge in [-0.3, -0.25) is 14.8 Å². The van der Waals surface area contributed by atoms with Crippen LogP contribution < -0.4 is 5.32 Å². The number of fused-ring (bicyclic) bond motifs is 1. The molecule has 0 atom stereocenters. The Kier molecular flexibility index (Phi) is 2.25. The average Bonchev–Trinajstić information content (AvgIpc) is 2.94. The zero-order chi connectivity index (χ0) is 11.7. The smallest absolute Gasteiger partial charge is 0.110 e. The molecule has 0 radical (unpaired) electrons. The fraction of sp³-hybridized carbons (Fsp3) is 0.182. The van der Waals surface area contributed by atoms with Gasteiger partial charge < -0.3 is 5.32 Å². The highest BCUT2D eigenvalue weighted by Gasteiger charge is 2.03. The lowest BCUT2D eigenvalue weighted by Gasteiger charge is -2.04. The molecule has 2 N–H and O–H groups in total. The van der Waals surface area contributed by atoms with E-state index in [1.54, 1.807) is 17.1 Å². The maximum absolute atomic E-state index is 4.21. The maximum Gasteiger partial charge on any atom is 0.110 e. The second kappa shape index (κ2) is 3.89. The standard InChI is InChI=1S/C11H12N6/c1-17-7-8(5-15-17)4-13-9-2-3-12-10-6-14-16-11(9)10/h2-3,5-7H,4H2,1H3,(H,12,13)(H,14,16). The molecule has 3 aromatic rings. The van der Waals surface area contributed by atoms with Crippen LogP contribution in [0.2, 0.25) is 0 Å². The van der Waals surface area contributed by atoms with Gasteiger partial charge in [0.15, 0.2) is 0 Å². The fourth-order valence-corrected chi connectivity index (χ4v) is 1.76. The van der Waals surface area contributed by atoms with Crippen molar-refractivity contribution in [2.24, 2.45) is 7.05 Å². The summed E-state index contributed by atoms with van der Waals surface area (Å²) in [5.74, 6) is 0. The maximum atomic E-state index is 4.21. The number of nitrogens with one attached hydrogen (secondary N) is 2. The molecule has 3 heterocycles. The summed E-state index contributed by atoms with van der Waals surface area (Å²) in [4.78, 5) is 4.21. The Morgan fingerprint density at radius 3 is 3.18 bits per heavy atom. The fourth-order valence-electron chi connectivity index (χ4n) is 1.76. The van der Waals surface area contributed by atoms with Crippen molar-refractivity contribution >= 4 is 16.7 Å². The van der Waals surface area contributed by atoms with Gasteiger partial charge in [-0.05, 0) is 6.07 Å². The molecule has 17 heavy (non-hydrogen) atoms. The lowest BCUT2D eigenvalue weighted by molar-refractivity contribution is 0.767. The van der Waals surface area contributed by atoms with Crippen LogP contribution in [0, 0.1) is 0 Å². The zero-order valence-electron chi connectivity index (χ0n) is 9.38. The molecule has 0 amide bonds. The van der Waals surface area contributed by atoms with E-state index in [2.05, 4.69) is 25.6 Å². The SMILES string of the molecule is Cn1cc(CNc2ccnc3cn[nH]c23)cn1. The molecule has 0 aliphatic rings. The topological polar surface area (TPSA) is 71.4 Å². The van der Waals surface area contributed by atoms with E-state index in [1.165, 1.54) is 0 Å². The Balaban J connectivity index is 1.83. The molecular weight excluding hydrogens is 216 g/mol. The van der Waals surface area contributed by atoms with E-state index in [0.29, 0.717) is 0 Å². The van der Waals surface area contributed by atoms with Crippen LogP contribution in [0.5, 0.6) is 0 Å². The molecular formula is C11H12N6. The molecule has 0 spiro atoms. The quantitative estimate of drug-likeness (QED) is 0.709. The van der Waals surface area contributed by atoms with Crippen molar-refractivity contribution in [3.63, 3.8) is 0 Å². The van der Waals surface area contributed by atoms with E-state index >= 15 is 0 Å². The number of rotatable bonds is 3. The summed E-state index contributed by atoms with van der Waals surface area (Å²) in [7, 11) is 1.91. The van der Waals surface area contributed by atoms with Crippen LogP contribution >= 0.6 is 0 Å². The highest BCUT2D eigenvalue weighted by Crippen LogP contribution is 2.18. The van der Waals surface area contributed by atoms with Crippen LogP contribution in [0.1, 0.15) is 5.56 Å². The summed E-state index contributed by atoms with van der Waals surface area (Å²) < 4.78 is 1.79. The first-order valence-electron chi connectivity index (χ1n) is 5.32. The third kappa shape index (κ3) is 1.84. The van der Waals surface area contributed by atoms with Gasteiger partial charge in [0.2, 0.25) is 0 Å². The van der Waals surface area contributed by atoms with Crippen molar-refractivity contribution in [3.05, 3.63) is 36.4 Å². The van der Waals surface area contributed by atoms with Crippen LogP contribution in [-0.4, -0.2) is 25.0 Å². The Morgan fingerprint density at radius 1 is 1.41 bits per heavy atom. The largest absolute Gasteiger partial charge is 0.379 e. The average molecular weight is 228 g/mol. The molecule has 0 unspecified atom stereocenters. The minimum atomic E-state index is 0.728. The van der Waals surface area contributed by atoms with Gasteiger partial charge in [-0.2, -0.15) is 10.2 Å². The first-order chi connectivity index (χ1) is 8.33. The van der Waals surface area contributed by atoms with Crippen molar-refractivity contribution in [3.8, 4) is 0 Å². The monoisotopic (exact) mass is 228 g/mol. The van der Waals surface area contributed by atoms with Gasteiger partial charge in [-0.25, -0.2) is 0 Å². The van der Waals surface area contributed by atoms with E-state index in [0.717, 1.165) is 28.8 Å². The number of nitrogens with zero attached hydrogens (tertiary/aromatic N) is 4. The number of aromatic nitrogens is 5. The van der Waals surface area contributed by atoms with Gasteiger partial charge in [0.25, 0.3) is 0 Å². The second-order valence-electron chi connectivity index (χ2n) is 3.86. The number of hydrogen-bond donors (Lipinski definition) is 2. The number of H-pyrrole nitrogens is 1. The molecule has 0 aliphatic carbocycles. The summed E-state index contributed by atoms with van der Waals surface area (Å²) in [6.07, 6.45) is 7.31. The first-order valence-corrected chi connectivity index (χ1v) is 5.32. The minimum absolute atomic E-state index is 0.728. The summed E-state index contributed by atoms with van der Waals surface area (Å²) in [5.41, 5.74) is 3.92. The number of anilines is 1. The lowest BCUT2D eigenvalue weighted by atomic mass is 10.3. The van der Waals surface area contributed by atoms with E-state index < -0.39 is 0 Å². The number of pyridine rings is 1. The van der Waals surface area contributed by atoms with Gasteiger partial charge in [-0.15, -0.1) is 0 Å². The molecule has 6 nitrogen and oxygen atoms in total. The Bertz CT molecular complexity index is 638. The first kappa shape index (κ1) is 9.83. The van der Waals surface area contributed by atoms with Crippen molar-refractivity contribution < 1.29 is 0 Å². The van der Waals surface area contributed by atoms with E-state index in [4.69, 9.17) is 0 Å². The molecule has 0 saturated heterocycles. The van der Waals surface area contributed by atoms with Crippen LogP contribution in [0.15, 0.2) is 30.9 Å². The Hall–Kier alpha value is -2.37. The van der Waals surface area contributed by atoms with Crippen LogP contribution in [0.3, 0.4) is 0 Å². The predicted octanol–water partition coefficient (Wildman–Crippen LogP) is 1.30. The van der Waals surface area contributed by atoms with E-state index in [1.807, 2.05) is 25.5 Å². The number of hydrogen-bond acceptors (Lipinski definition) is 4. The molecule has 86 valence electrons. The zero-order valence-corrected chi connectivity index (χ0v) is 9.38. The van der Waals surface area contributed by atoms with Crippen LogP contribution in [0.4, 0.5) is 5.69 Å². The molecule has 0 bridgehead atoms. The lowest BCUT2D eigenvalue weighted by Crippen LogP contribution is -1.99. The van der Waals surface area contributed by atoms with Crippen LogP contribution in [0.25, 0.3) is 11.0 Å². The van der Waals surface area contributed by atoms with Gasteiger partial charge >= 0.3 is 0 Å². The molecule has 0 saturated carbocycles. The second-order valence-corrected chi connectivity index (χ2v) is 3.86. The highest BCUT2D eigenvalue weighted by molar-refractivity contribution is 5.86. The highest BCUT2D eigenvalue weighted by atomic mass is 15.2. The third-order valence-corrected chi connectivity index (χ3v) is 2.58. The molecule has 6 heteroatoms. The van der Waals surface area contributed by atoms with E-state index in [9.17, 15) is 0 Å². The van der Waals surface area contributed by atoms with Crippen molar-refractivity contribution in [2.45, 2.75) is 6.54 Å². The normalized spacial score (nSPS) is 10.9. The minimum Gasteiger partial charge on any atom is -0.379 e. The molecule has 3 aromatic heterocycles. The van der Waals surface area contributed by atoms with Gasteiger partial charge in [0.05, 0.1) is 18.1 Å². The number of aryl methyl sites for hydroxylation is 1. The van der Waals surface area contributed by atoms with Gasteiger partial charge in [0.1, 0.15) is 11.0 Å². The van der Waals surface area contributed by atoms with Gasteiger partial charge in [0, 0.05) is 31.5 Å². The summed E-state index contributed by atoms with van der Waals surface area (Å²) in [5, 5.41) is 14.4. The predicted molar refractivity (Wildman–Crippen MR) is 64.4 cm³/mol. The van der Waals surface area contributed by atoms with E-state index in [-0.39, 0.29) is 0 Å². The number of aromatic amines is 1. The Labute approximate surface area is 97.7 Å². The Morgan fingerprint density at radius 2 is 2.35 bits per heavy atom. The van der Waals surface area contributed by atoms with Crippen molar-refractivity contribution in [1.82, 2.24) is 25.0 Å². The third-order valence-electron chi connectivity index (χ3n) is 2.58. The van der Waals surface area contributed by atoms with Crippen molar-refractivity contribution in [1.29, 1.82) is 0 Å². The van der Waals surface area contributed by atoms with Crippen LogP contribution in [-0.2, 0) is 13.6 Å². The van der Waals surface area contributed by atoms with Gasteiger partial charge in [-0.1, -0.05) is 0 Å². The molecule has 0 fully saturated rings. The van der Waals surface area contributed by atoms with Crippen molar-refractivity contribution in [2.75, 3.05) is 5.32 Å². The summed E-state index contributed by atoms with van der Waals surface area (Å²) in [6.45, 7) is 0.728. The molecule has 0 aromatic carbocycles. The summed E-state index contributed by atoms with van der Waals surface area (Å²) in [6, 6.07) is 1.93. The summed E-state index contributed by atoms with van der Waals surface area (Å²) >= 11 is 0. The molecule has 0 aliphatic heterocycles. The molecule has 3 rings (SSSR count).